The molecule has 0 atom stereocenters. The van der Waals surface area contributed by atoms with E-state index >= 15 is 0 Å². The summed E-state index contributed by atoms with van der Waals surface area (Å²) < 4.78 is 4.11. The molecule has 0 aromatic heterocycles. The van der Waals surface area contributed by atoms with Crippen molar-refractivity contribution in [1.82, 2.24) is 0 Å². The van der Waals surface area contributed by atoms with E-state index < -0.39 is 0 Å². The third kappa shape index (κ3) is 22.4. The number of hydrogen-bond acceptors (Lipinski definition) is 2. The number of esters is 1. The van der Waals surface area contributed by atoms with E-state index in [-0.39, 0.29) is 5.97 Å². The summed E-state index contributed by atoms with van der Waals surface area (Å²) in [7, 11) is 1.35. The Bertz CT molecular complexity index is 198. The molecule has 2 heteroatoms. The summed E-state index contributed by atoms with van der Waals surface area (Å²) in [6.45, 7) is 11.5. The minimum absolute atomic E-state index is 0.245. The van der Waals surface area contributed by atoms with Gasteiger partial charge in [-0.3, -0.25) is 4.79 Å². The summed E-state index contributed by atoms with van der Waals surface area (Å²) in [6.07, 6.45) is 4.53. The largest absolute Gasteiger partial charge is 0.469 e. The molecule has 0 rings (SSSR count). The molecule has 0 aromatic carbocycles. The summed E-state index contributed by atoms with van der Waals surface area (Å²) in [5.41, 5.74) is 2.67. The Hall–Kier alpha value is -1.05. The SMILES string of the molecule is C=C(C)CCC=C(C)C.COC(C)=O. The highest BCUT2D eigenvalue weighted by Gasteiger charge is 1.82. The van der Waals surface area contributed by atoms with E-state index in [2.05, 4.69) is 38.2 Å². The molecule has 0 aromatic rings. The van der Waals surface area contributed by atoms with Gasteiger partial charge in [0.1, 0.15) is 0 Å². The standard InChI is InChI=1S/C9H16.C3H6O2/c1-8(2)6-5-7-9(3)4;1-3(4)5-2/h7H,1,5-6H2,2-4H3;1-2H3. The Kier molecular flexibility index (Phi) is 11.1. The summed E-state index contributed by atoms with van der Waals surface area (Å²) in [5.74, 6) is -0.245. The Morgan fingerprint density at radius 2 is 1.71 bits per heavy atom. The van der Waals surface area contributed by atoms with Crippen molar-refractivity contribution in [3.63, 3.8) is 0 Å². The topological polar surface area (TPSA) is 26.3 Å². The summed E-state index contributed by atoms with van der Waals surface area (Å²) >= 11 is 0. The second-order valence-corrected chi connectivity index (χ2v) is 3.47. The first-order valence-electron chi connectivity index (χ1n) is 4.72. The van der Waals surface area contributed by atoms with E-state index in [0.717, 1.165) is 12.8 Å². The van der Waals surface area contributed by atoms with Crippen LogP contribution in [0.25, 0.3) is 0 Å². The van der Waals surface area contributed by atoms with Crippen LogP contribution in [0, 0.1) is 0 Å². The lowest BCUT2D eigenvalue weighted by molar-refractivity contribution is -0.137. The minimum atomic E-state index is -0.245. The van der Waals surface area contributed by atoms with Crippen molar-refractivity contribution in [2.24, 2.45) is 0 Å². The Labute approximate surface area is 87.7 Å². The second kappa shape index (κ2) is 10.0. The van der Waals surface area contributed by atoms with Crippen LogP contribution in [0.5, 0.6) is 0 Å². The Balaban J connectivity index is 0. The van der Waals surface area contributed by atoms with Gasteiger partial charge in [0.15, 0.2) is 0 Å². The van der Waals surface area contributed by atoms with Gasteiger partial charge in [-0.2, -0.15) is 0 Å². The number of methoxy groups -OCH3 is 1. The lowest BCUT2D eigenvalue weighted by Gasteiger charge is -1.93. The molecule has 0 radical (unpaired) electrons. The van der Waals surface area contributed by atoms with Crippen LogP contribution >= 0.6 is 0 Å². The van der Waals surface area contributed by atoms with Crippen LogP contribution in [0.15, 0.2) is 23.8 Å². The normalized spacial score (nSPS) is 8.07. The van der Waals surface area contributed by atoms with Crippen LogP contribution in [-0.4, -0.2) is 13.1 Å². The van der Waals surface area contributed by atoms with Crippen molar-refractivity contribution >= 4 is 5.97 Å². The number of ether oxygens (including phenoxy) is 1. The highest BCUT2D eigenvalue weighted by Crippen LogP contribution is 2.02. The molecule has 0 bridgehead atoms. The smallest absolute Gasteiger partial charge is 0.302 e. The lowest BCUT2D eigenvalue weighted by atomic mass is 10.1. The van der Waals surface area contributed by atoms with Gasteiger partial charge in [0.05, 0.1) is 7.11 Å². The van der Waals surface area contributed by atoms with Crippen molar-refractivity contribution in [3.8, 4) is 0 Å². The van der Waals surface area contributed by atoms with Gasteiger partial charge in [-0.05, 0) is 33.6 Å². The van der Waals surface area contributed by atoms with Crippen molar-refractivity contribution in [2.75, 3.05) is 7.11 Å². The van der Waals surface area contributed by atoms with Crippen LogP contribution in [0.4, 0.5) is 0 Å². The van der Waals surface area contributed by atoms with Crippen LogP contribution in [0.1, 0.15) is 40.5 Å². The number of allylic oxidation sites excluding steroid dienone is 3. The number of carbonyl (C=O) groups excluding carboxylic acids is 1. The lowest BCUT2D eigenvalue weighted by Crippen LogP contribution is -1.88. The van der Waals surface area contributed by atoms with Crippen LogP contribution in [0.3, 0.4) is 0 Å². The molecule has 0 aliphatic heterocycles. The zero-order valence-corrected chi connectivity index (χ0v) is 10.0. The highest BCUT2D eigenvalue weighted by molar-refractivity contribution is 5.65. The fraction of sp³-hybridized carbons (Fsp3) is 0.583. The molecule has 0 amide bonds. The average Bonchev–Trinajstić information content (AvgIpc) is 2.04. The third-order valence-corrected chi connectivity index (χ3v) is 1.41. The van der Waals surface area contributed by atoms with Gasteiger partial charge < -0.3 is 4.74 Å². The van der Waals surface area contributed by atoms with Crippen LogP contribution < -0.4 is 0 Å². The van der Waals surface area contributed by atoms with Crippen molar-refractivity contribution < 1.29 is 9.53 Å². The van der Waals surface area contributed by atoms with Crippen LogP contribution in [-0.2, 0) is 9.53 Å². The predicted molar refractivity (Wildman–Crippen MR) is 61.2 cm³/mol. The molecule has 0 heterocycles. The van der Waals surface area contributed by atoms with Gasteiger partial charge in [0.25, 0.3) is 0 Å². The zero-order chi connectivity index (χ0) is 11.6. The van der Waals surface area contributed by atoms with Crippen molar-refractivity contribution in [3.05, 3.63) is 23.8 Å². The summed E-state index contributed by atoms with van der Waals surface area (Å²) in [6, 6.07) is 0. The fourth-order valence-electron chi connectivity index (χ4n) is 0.607. The van der Waals surface area contributed by atoms with Gasteiger partial charge in [0, 0.05) is 6.92 Å². The fourth-order valence-corrected chi connectivity index (χ4v) is 0.607. The molecule has 2 nitrogen and oxygen atoms in total. The first kappa shape index (κ1) is 15.4. The van der Waals surface area contributed by atoms with Gasteiger partial charge in [-0.25, -0.2) is 0 Å². The van der Waals surface area contributed by atoms with Gasteiger partial charge in [0.2, 0.25) is 0 Å². The molecular weight excluding hydrogens is 176 g/mol. The van der Waals surface area contributed by atoms with Gasteiger partial charge in [-0.15, -0.1) is 6.58 Å². The van der Waals surface area contributed by atoms with E-state index in [1.807, 2.05) is 0 Å². The molecule has 14 heavy (non-hydrogen) atoms. The molecule has 0 fully saturated rings. The number of carbonyl (C=O) groups is 1. The molecule has 0 saturated heterocycles. The highest BCUT2D eigenvalue weighted by atomic mass is 16.5. The first-order chi connectivity index (χ1) is 6.40. The van der Waals surface area contributed by atoms with E-state index in [9.17, 15) is 4.79 Å². The molecule has 0 aliphatic carbocycles. The Morgan fingerprint density at radius 1 is 1.29 bits per heavy atom. The van der Waals surface area contributed by atoms with E-state index in [1.165, 1.54) is 25.2 Å². The maximum absolute atomic E-state index is 9.59. The molecule has 0 unspecified atom stereocenters. The first-order valence-corrected chi connectivity index (χ1v) is 4.72. The molecule has 82 valence electrons. The van der Waals surface area contributed by atoms with E-state index in [0.29, 0.717) is 0 Å². The van der Waals surface area contributed by atoms with E-state index in [4.69, 9.17) is 0 Å². The second-order valence-electron chi connectivity index (χ2n) is 3.47. The number of rotatable bonds is 3. The third-order valence-electron chi connectivity index (χ3n) is 1.41. The minimum Gasteiger partial charge on any atom is -0.469 e. The Morgan fingerprint density at radius 3 is 1.93 bits per heavy atom. The average molecular weight is 198 g/mol. The summed E-state index contributed by atoms with van der Waals surface area (Å²) in [5, 5.41) is 0. The number of hydrogen-bond donors (Lipinski definition) is 0. The molecular formula is C12H22O2. The molecule has 0 aliphatic rings. The zero-order valence-electron chi connectivity index (χ0n) is 10.0. The van der Waals surface area contributed by atoms with Gasteiger partial charge in [-0.1, -0.05) is 17.2 Å². The van der Waals surface area contributed by atoms with Crippen molar-refractivity contribution in [2.45, 2.75) is 40.5 Å². The quantitative estimate of drug-likeness (QED) is 0.512. The van der Waals surface area contributed by atoms with Gasteiger partial charge >= 0.3 is 5.97 Å². The van der Waals surface area contributed by atoms with E-state index in [1.54, 1.807) is 0 Å². The summed E-state index contributed by atoms with van der Waals surface area (Å²) in [4.78, 5) is 9.59. The van der Waals surface area contributed by atoms with Crippen molar-refractivity contribution in [1.29, 1.82) is 0 Å². The van der Waals surface area contributed by atoms with Crippen LogP contribution in [0.2, 0.25) is 0 Å². The maximum Gasteiger partial charge on any atom is 0.302 e. The molecule has 0 saturated carbocycles. The predicted octanol–water partition coefficient (Wildman–Crippen LogP) is 3.49. The molecule has 0 spiro atoms. The maximum atomic E-state index is 9.59. The monoisotopic (exact) mass is 198 g/mol. The molecule has 0 N–H and O–H groups in total.